The first-order valence-corrected chi connectivity index (χ1v) is 7.43. The Morgan fingerprint density at radius 2 is 2.05 bits per heavy atom. The second-order valence-electron chi connectivity index (χ2n) is 5.67. The zero-order valence-corrected chi connectivity index (χ0v) is 12.8. The Balaban J connectivity index is 1.93. The van der Waals surface area contributed by atoms with E-state index in [-0.39, 0.29) is 24.0 Å². The first-order chi connectivity index (χ1) is 9.99. The van der Waals surface area contributed by atoms with Gasteiger partial charge >= 0.3 is 6.03 Å². The van der Waals surface area contributed by atoms with Crippen LogP contribution in [-0.4, -0.2) is 30.6 Å². The summed E-state index contributed by atoms with van der Waals surface area (Å²) in [6, 6.07) is 7.65. The lowest BCUT2D eigenvalue weighted by molar-refractivity contribution is -0.117. The van der Waals surface area contributed by atoms with Crippen LogP contribution in [0, 0.1) is 6.92 Å². The van der Waals surface area contributed by atoms with E-state index in [9.17, 15) is 9.59 Å². The van der Waals surface area contributed by atoms with Crippen LogP contribution in [-0.2, 0) is 4.79 Å². The van der Waals surface area contributed by atoms with Crippen LogP contribution in [0.2, 0.25) is 0 Å². The van der Waals surface area contributed by atoms with E-state index in [0.717, 1.165) is 17.7 Å². The molecule has 5 nitrogen and oxygen atoms in total. The number of hydrogen-bond acceptors (Lipinski definition) is 2. The van der Waals surface area contributed by atoms with Crippen LogP contribution in [0.1, 0.15) is 32.3 Å². The molecule has 2 N–H and O–H groups in total. The molecule has 1 aromatic rings. The Bertz CT molecular complexity index is 513. The summed E-state index contributed by atoms with van der Waals surface area (Å²) in [5, 5.41) is 5.73. The first-order valence-electron chi connectivity index (χ1n) is 7.43. The van der Waals surface area contributed by atoms with E-state index >= 15 is 0 Å². The van der Waals surface area contributed by atoms with Crippen molar-refractivity contribution >= 4 is 17.6 Å². The summed E-state index contributed by atoms with van der Waals surface area (Å²) in [5.74, 6) is 0.0488. The van der Waals surface area contributed by atoms with Gasteiger partial charge in [0.15, 0.2) is 0 Å². The second kappa shape index (κ2) is 6.61. The molecule has 1 aliphatic rings. The summed E-state index contributed by atoms with van der Waals surface area (Å²) in [6.07, 6.45) is 1.23. The van der Waals surface area contributed by atoms with E-state index < -0.39 is 0 Å². The SMILES string of the molecule is CCC(C)NC(=O)NC1CC(=O)N(c2ccc(C)cc2)C1. The van der Waals surface area contributed by atoms with Crippen LogP contribution in [0.3, 0.4) is 0 Å². The van der Waals surface area contributed by atoms with E-state index in [1.54, 1.807) is 4.90 Å². The topological polar surface area (TPSA) is 61.4 Å². The van der Waals surface area contributed by atoms with Crippen molar-refractivity contribution in [3.63, 3.8) is 0 Å². The number of hydrogen-bond donors (Lipinski definition) is 2. The van der Waals surface area contributed by atoms with Crippen LogP contribution in [0.15, 0.2) is 24.3 Å². The fourth-order valence-corrected chi connectivity index (χ4v) is 2.33. The molecule has 114 valence electrons. The van der Waals surface area contributed by atoms with Crippen molar-refractivity contribution < 1.29 is 9.59 Å². The predicted octanol–water partition coefficient (Wildman–Crippen LogP) is 2.20. The summed E-state index contributed by atoms with van der Waals surface area (Å²) < 4.78 is 0. The van der Waals surface area contributed by atoms with E-state index in [1.165, 1.54) is 0 Å². The normalized spacial score (nSPS) is 19.5. The predicted molar refractivity (Wildman–Crippen MR) is 83.4 cm³/mol. The van der Waals surface area contributed by atoms with Gasteiger partial charge in [-0.05, 0) is 32.4 Å². The Hall–Kier alpha value is -2.04. The average molecular weight is 289 g/mol. The highest BCUT2D eigenvalue weighted by Gasteiger charge is 2.31. The molecule has 1 saturated heterocycles. The van der Waals surface area contributed by atoms with Crippen LogP contribution in [0.4, 0.5) is 10.5 Å². The maximum atomic E-state index is 12.1. The first kappa shape index (κ1) is 15.4. The molecule has 2 atom stereocenters. The monoisotopic (exact) mass is 289 g/mol. The molecule has 5 heteroatoms. The molecular weight excluding hydrogens is 266 g/mol. The molecule has 3 amide bonds. The molecule has 1 aromatic carbocycles. The van der Waals surface area contributed by atoms with Crippen molar-refractivity contribution in [1.82, 2.24) is 10.6 Å². The van der Waals surface area contributed by atoms with Crippen LogP contribution < -0.4 is 15.5 Å². The number of amides is 3. The Labute approximate surface area is 125 Å². The number of nitrogens with zero attached hydrogens (tertiary/aromatic N) is 1. The molecule has 0 bridgehead atoms. The smallest absolute Gasteiger partial charge is 0.315 e. The average Bonchev–Trinajstić information content (AvgIpc) is 2.80. The second-order valence-corrected chi connectivity index (χ2v) is 5.67. The van der Waals surface area contributed by atoms with Gasteiger partial charge in [-0.1, -0.05) is 24.6 Å². The van der Waals surface area contributed by atoms with Gasteiger partial charge in [0.05, 0.1) is 6.04 Å². The Morgan fingerprint density at radius 3 is 2.67 bits per heavy atom. The van der Waals surface area contributed by atoms with Crippen molar-refractivity contribution in [3.8, 4) is 0 Å². The van der Waals surface area contributed by atoms with Crippen molar-refractivity contribution in [2.24, 2.45) is 0 Å². The molecule has 0 saturated carbocycles. The lowest BCUT2D eigenvalue weighted by Gasteiger charge is -2.18. The number of nitrogens with one attached hydrogen (secondary N) is 2. The number of benzene rings is 1. The fourth-order valence-electron chi connectivity index (χ4n) is 2.33. The lowest BCUT2D eigenvalue weighted by atomic mass is 10.2. The number of anilines is 1. The highest BCUT2D eigenvalue weighted by atomic mass is 16.2. The third-order valence-corrected chi connectivity index (χ3v) is 3.80. The maximum absolute atomic E-state index is 12.1. The molecule has 2 unspecified atom stereocenters. The van der Waals surface area contributed by atoms with Gasteiger partial charge in [-0.3, -0.25) is 4.79 Å². The molecular formula is C16H23N3O2. The summed E-state index contributed by atoms with van der Waals surface area (Å²) in [6.45, 7) is 6.51. The van der Waals surface area contributed by atoms with Gasteiger partial charge < -0.3 is 15.5 Å². The molecule has 21 heavy (non-hydrogen) atoms. The molecule has 1 aliphatic heterocycles. The zero-order valence-electron chi connectivity index (χ0n) is 12.8. The van der Waals surface area contributed by atoms with E-state index in [1.807, 2.05) is 45.0 Å². The number of carbonyl (C=O) groups excluding carboxylic acids is 2. The quantitative estimate of drug-likeness (QED) is 0.892. The minimum absolute atomic E-state index is 0.0488. The van der Waals surface area contributed by atoms with Crippen molar-refractivity contribution in [3.05, 3.63) is 29.8 Å². The molecule has 0 spiro atoms. The zero-order chi connectivity index (χ0) is 15.4. The maximum Gasteiger partial charge on any atom is 0.315 e. The molecule has 2 rings (SSSR count). The number of urea groups is 1. The molecule has 1 fully saturated rings. The highest BCUT2D eigenvalue weighted by Crippen LogP contribution is 2.21. The standard InChI is InChI=1S/C16H23N3O2/c1-4-12(3)17-16(21)18-13-9-15(20)19(10-13)14-7-5-11(2)6-8-14/h5-8,12-13H,4,9-10H2,1-3H3,(H2,17,18,21). The number of carbonyl (C=O) groups is 2. The molecule has 0 radical (unpaired) electrons. The van der Waals surface area contributed by atoms with Gasteiger partial charge in [0.25, 0.3) is 0 Å². The summed E-state index contributed by atoms with van der Waals surface area (Å²) in [5.41, 5.74) is 2.05. The van der Waals surface area contributed by atoms with Gasteiger partial charge in [0.1, 0.15) is 0 Å². The summed E-state index contributed by atoms with van der Waals surface area (Å²) >= 11 is 0. The molecule has 0 aliphatic carbocycles. The third kappa shape index (κ3) is 3.97. The van der Waals surface area contributed by atoms with Gasteiger partial charge in [0, 0.05) is 24.7 Å². The van der Waals surface area contributed by atoms with Gasteiger partial charge in [-0.15, -0.1) is 0 Å². The minimum atomic E-state index is -0.201. The highest BCUT2D eigenvalue weighted by molar-refractivity contribution is 5.96. The van der Waals surface area contributed by atoms with Crippen LogP contribution in [0.5, 0.6) is 0 Å². The van der Waals surface area contributed by atoms with Crippen LogP contribution in [0.25, 0.3) is 0 Å². The van der Waals surface area contributed by atoms with Crippen molar-refractivity contribution in [2.75, 3.05) is 11.4 Å². The van der Waals surface area contributed by atoms with E-state index in [2.05, 4.69) is 10.6 Å². The van der Waals surface area contributed by atoms with Gasteiger partial charge in [-0.2, -0.15) is 0 Å². The molecule has 0 aromatic heterocycles. The van der Waals surface area contributed by atoms with Gasteiger partial charge in [0.2, 0.25) is 5.91 Å². The third-order valence-electron chi connectivity index (χ3n) is 3.80. The van der Waals surface area contributed by atoms with Crippen molar-refractivity contribution in [2.45, 2.75) is 45.7 Å². The van der Waals surface area contributed by atoms with Gasteiger partial charge in [-0.25, -0.2) is 4.79 Å². The van der Waals surface area contributed by atoms with Crippen LogP contribution >= 0.6 is 0 Å². The van der Waals surface area contributed by atoms with E-state index in [0.29, 0.717) is 13.0 Å². The Morgan fingerprint density at radius 1 is 1.38 bits per heavy atom. The van der Waals surface area contributed by atoms with E-state index in [4.69, 9.17) is 0 Å². The fraction of sp³-hybridized carbons (Fsp3) is 0.500. The number of aryl methyl sites for hydroxylation is 1. The summed E-state index contributed by atoms with van der Waals surface area (Å²) in [7, 11) is 0. The largest absolute Gasteiger partial charge is 0.336 e. The summed E-state index contributed by atoms with van der Waals surface area (Å²) in [4.78, 5) is 25.6. The Kier molecular flexibility index (Phi) is 4.83. The number of rotatable bonds is 4. The minimum Gasteiger partial charge on any atom is -0.336 e. The lowest BCUT2D eigenvalue weighted by Crippen LogP contribution is -2.46. The van der Waals surface area contributed by atoms with Crippen molar-refractivity contribution in [1.29, 1.82) is 0 Å². The molecule has 1 heterocycles.